The molecule has 0 aromatic carbocycles. The lowest BCUT2D eigenvalue weighted by Crippen LogP contribution is -2.37. The van der Waals surface area contributed by atoms with Gasteiger partial charge in [-0.3, -0.25) is 4.98 Å². The van der Waals surface area contributed by atoms with Gasteiger partial charge in [-0.1, -0.05) is 0 Å². The van der Waals surface area contributed by atoms with Gasteiger partial charge in [-0.05, 0) is 38.1 Å². The summed E-state index contributed by atoms with van der Waals surface area (Å²) < 4.78 is 13.0. The number of hydrogen-bond donors (Lipinski definition) is 2. The maximum Gasteiger partial charge on any atom is 0.199 e. The molecule has 11 heteroatoms. The Kier molecular flexibility index (Phi) is 5.60. The number of aromatic nitrogens is 5. The van der Waals surface area contributed by atoms with Crippen LogP contribution in [0.15, 0.2) is 10.8 Å². The first kappa shape index (κ1) is 20.9. The summed E-state index contributed by atoms with van der Waals surface area (Å²) in [5.41, 5.74) is 6.85. The summed E-state index contributed by atoms with van der Waals surface area (Å²) in [5.74, 6) is 2.36. The quantitative estimate of drug-likeness (QED) is 0.593. The van der Waals surface area contributed by atoms with Crippen LogP contribution < -0.4 is 10.5 Å². The zero-order valence-corrected chi connectivity index (χ0v) is 18.4. The number of hydrogen-bond acceptors (Lipinski definition) is 10. The molecule has 0 amide bonds. The van der Waals surface area contributed by atoms with Gasteiger partial charge >= 0.3 is 0 Å². The average molecular weight is 434 g/mol. The second-order valence-corrected chi connectivity index (χ2v) is 9.38. The van der Waals surface area contributed by atoms with Crippen molar-refractivity contribution in [3.8, 4) is 17.3 Å². The Morgan fingerprint density at radius 1 is 1.40 bits per heavy atom. The molecule has 0 spiro atoms. The van der Waals surface area contributed by atoms with E-state index in [0.717, 1.165) is 24.4 Å². The summed E-state index contributed by atoms with van der Waals surface area (Å²) in [6.07, 6.45) is 1.66. The number of aliphatic hydroxyl groups is 1. The van der Waals surface area contributed by atoms with Gasteiger partial charge in [0, 0.05) is 25.4 Å². The predicted octanol–water partition coefficient (Wildman–Crippen LogP) is 1.74. The largest absolute Gasteiger partial charge is 0.488 e. The van der Waals surface area contributed by atoms with E-state index in [1.54, 1.807) is 20.0 Å². The third-order valence-electron chi connectivity index (χ3n) is 5.12. The topological polar surface area (TPSA) is 128 Å². The van der Waals surface area contributed by atoms with E-state index in [0.29, 0.717) is 46.9 Å². The van der Waals surface area contributed by atoms with Crippen molar-refractivity contribution in [2.75, 3.05) is 38.2 Å². The summed E-state index contributed by atoms with van der Waals surface area (Å²) in [5, 5.41) is 18.6. The van der Waals surface area contributed by atoms with Crippen LogP contribution in [0.25, 0.3) is 22.6 Å². The van der Waals surface area contributed by atoms with Gasteiger partial charge in [0.2, 0.25) is 0 Å². The van der Waals surface area contributed by atoms with Crippen molar-refractivity contribution >= 4 is 28.6 Å². The van der Waals surface area contributed by atoms with Gasteiger partial charge in [0.15, 0.2) is 23.1 Å². The molecule has 3 aromatic heterocycles. The zero-order valence-electron chi connectivity index (χ0n) is 17.6. The zero-order chi connectivity index (χ0) is 21.5. The first-order chi connectivity index (χ1) is 14.3. The minimum atomic E-state index is -1.18. The Balaban J connectivity index is 1.81. The molecule has 30 heavy (non-hydrogen) atoms. The average Bonchev–Trinajstić information content (AvgIpc) is 3.28. The molecule has 3 N–H and O–H groups in total. The maximum absolute atomic E-state index is 10.7. The Morgan fingerprint density at radius 3 is 2.83 bits per heavy atom. The molecule has 3 aromatic rings. The number of ether oxygens (including phenoxy) is 1. The lowest BCUT2D eigenvalue weighted by molar-refractivity contribution is 0.0753. The lowest BCUT2D eigenvalue weighted by Gasteiger charge is -2.29. The normalized spacial score (nSPS) is 18.2. The summed E-state index contributed by atoms with van der Waals surface area (Å²) in [4.78, 5) is 11.5. The Hall–Kier alpha value is -2.37. The molecule has 0 aliphatic carbocycles. The van der Waals surface area contributed by atoms with Crippen LogP contribution in [0.3, 0.4) is 0 Å². The fraction of sp³-hybridized carbons (Fsp3) is 0.579. The standard InChI is InChI=1S/C19H27N7O3S/c1-5-26-15-12(28-10-11-9-25(4)6-7-30-11)8-21-16(19(2,3)27)13(15)22-18(26)14-17(20)24-29-23-14/h8,11,27H,5-7,9-10H2,1-4H3,(H2,20,24)/t11-/m0/s1. The second kappa shape index (κ2) is 8.05. The molecule has 1 fully saturated rings. The Bertz CT molecular complexity index is 1040. The van der Waals surface area contributed by atoms with Crippen molar-refractivity contribution in [2.45, 2.75) is 38.2 Å². The highest BCUT2D eigenvalue weighted by Crippen LogP contribution is 2.36. The number of aryl methyl sites for hydroxylation is 1. The molecule has 0 unspecified atom stereocenters. The predicted molar refractivity (Wildman–Crippen MR) is 115 cm³/mol. The second-order valence-electron chi connectivity index (χ2n) is 7.97. The highest BCUT2D eigenvalue weighted by Gasteiger charge is 2.29. The summed E-state index contributed by atoms with van der Waals surface area (Å²) in [6, 6.07) is 0. The first-order valence-corrected chi connectivity index (χ1v) is 11.0. The molecule has 0 radical (unpaired) electrons. The number of rotatable bonds is 6. The molecule has 0 saturated carbocycles. The molecular formula is C19H27N7O3S. The maximum atomic E-state index is 10.7. The molecule has 1 saturated heterocycles. The fourth-order valence-corrected chi connectivity index (χ4v) is 4.93. The van der Waals surface area contributed by atoms with E-state index < -0.39 is 5.60 Å². The number of imidazole rings is 1. The van der Waals surface area contributed by atoms with Crippen LogP contribution in [0, 0.1) is 0 Å². The van der Waals surface area contributed by atoms with Gasteiger partial charge in [-0.15, -0.1) is 0 Å². The van der Waals surface area contributed by atoms with Gasteiger partial charge in [-0.25, -0.2) is 9.61 Å². The summed E-state index contributed by atoms with van der Waals surface area (Å²) >= 11 is 1.92. The lowest BCUT2D eigenvalue weighted by atomic mass is 10.0. The minimum Gasteiger partial charge on any atom is -0.488 e. The number of nitrogens with zero attached hydrogens (tertiary/aromatic N) is 6. The van der Waals surface area contributed by atoms with Crippen molar-refractivity contribution in [3.05, 3.63) is 11.9 Å². The van der Waals surface area contributed by atoms with Gasteiger partial charge in [-0.2, -0.15) is 11.8 Å². The molecule has 1 aliphatic rings. The van der Waals surface area contributed by atoms with E-state index in [-0.39, 0.29) is 5.82 Å². The molecule has 1 atom stereocenters. The smallest absolute Gasteiger partial charge is 0.199 e. The van der Waals surface area contributed by atoms with Crippen LogP contribution in [0.5, 0.6) is 5.75 Å². The number of nitrogen functional groups attached to an aromatic ring is 1. The van der Waals surface area contributed by atoms with Gasteiger partial charge in [0.05, 0.1) is 17.1 Å². The van der Waals surface area contributed by atoms with Crippen molar-refractivity contribution in [3.63, 3.8) is 0 Å². The number of fused-ring (bicyclic) bond motifs is 1. The summed E-state index contributed by atoms with van der Waals surface area (Å²) in [7, 11) is 2.12. The highest BCUT2D eigenvalue weighted by molar-refractivity contribution is 8.00. The van der Waals surface area contributed by atoms with Crippen molar-refractivity contribution in [1.29, 1.82) is 0 Å². The van der Waals surface area contributed by atoms with Crippen LogP contribution in [-0.2, 0) is 12.1 Å². The van der Waals surface area contributed by atoms with Crippen LogP contribution in [-0.4, -0.2) is 72.6 Å². The minimum absolute atomic E-state index is 0.155. The molecule has 4 heterocycles. The van der Waals surface area contributed by atoms with Crippen LogP contribution in [0.2, 0.25) is 0 Å². The third-order valence-corrected chi connectivity index (χ3v) is 6.30. The van der Waals surface area contributed by atoms with Gasteiger partial charge in [0.25, 0.3) is 0 Å². The Labute approximate surface area is 178 Å². The fourth-order valence-electron chi connectivity index (χ4n) is 3.66. The molecule has 162 valence electrons. The van der Waals surface area contributed by atoms with E-state index >= 15 is 0 Å². The molecule has 1 aliphatic heterocycles. The summed E-state index contributed by atoms with van der Waals surface area (Å²) in [6.45, 7) is 8.57. The van der Waals surface area contributed by atoms with E-state index in [9.17, 15) is 5.11 Å². The number of anilines is 1. The van der Waals surface area contributed by atoms with E-state index in [1.807, 2.05) is 23.3 Å². The van der Waals surface area contributed by atoms with E-state index in [2.05, 4.69) is 27.2 Å². The van der Waals surface area contributed by atoms with Crippen LogP contribution in [0.4, 0.5) is 5.82 Å². The van der Waals surface area contributed by atoms with Gasteiger partial charge < -0.3 is 25.0 Å². The molecular weight excluding hydrogens is 406 g/mol. The molecule has 0 bridgehead atoms. The first-order valence-electron chi connectivity index (χ1n) is 9.93. The molecule has 4 rings (SSSR count). The van der Waals surface area contributed by atoms with Crippen molar-refractivity contribution in [2.24, 2.45) is 0 Å². The van der Waals surface area contributed by atoms with Crippen LogP contribution >= 0.6 is 11.8 Å². The van der Waals surface area contributed by atoms with Crippen molar-refractivity contribution in [1.82, 2.24) is 29.7 Å². The van der Waals surface area contributed by atoms with Gasteiger partial charge in [0.1, 0.15) is 23.2 Å². The van der Waals surface area contributed by atoms with Crippen LogP contribution in [0.1, 0.15) is 26.5 Å². The molecule has 10 nitrogen and oxygen atoms in total. The SMILES string of the molecule is CCn1c(-c2nonc2N)nc2c(C(C)(C)O)ncc(OC[C@@H]3CN(C)CCS3)c21. The monoisotopic (exact) mass is 433 g/mol. The number of nitrogens with two attached hydrogens (primary N) is 1. The van der Waals surface area contributed by atoms with E-state index in [4.69, 9.17) is 20.1 Å². The number of thioether (sulfide) groups is 1. The Morgan fingerprint density at radius 2 is 2.20 bits per heavy atom. The van der Waals surface area contributed by atoms with E-state index in [1.165, 1.54) is 0 Å². The highest BCUT2D eigenvalue weighted by atomic mass is 32.2. The third kappa shape index (κ3) is 3.84. The number of pyridine rings is 1. The van der Waals surface area contributed by atoms with Crippen molar-refractivity contribution < 1.29 is 14.5 Å².